The number of alkyl halides is 3. The number of benzene rings is 3. The average molecular weight is 575 g/mol. The zero-order chi connectivity index (χ0) is 24.7. The van der Waals surface area contributed by atoms with Gasteiger partial charge in [-0.3, -0.25) is 0 Å². The van der Waals surface area contributed by atoms with Crippen molar-refractivity contribution in [1.29, 1.82) is 0 Å². The minimum atomic E-state index is -4.72. The number of hydrogen-bond acceptors (Lipinski definition) is 5. The Morgan fingerprint density at radius 1 is 0.778 bits per heavy atom. The summed E-state index contributed by atoms with van der Waals surface area (Å²) in [6.07, 6.45) is -6.99. The molecule has 1 unspecified atom stereocenters. The third kappa shape index (κ3) is 8.08. The summed E-state index contributed by atoms with van der Waals surface area (Å²) < 4.78 is 60.2. The first-order valence-electron chi connectivity index (χ1n) is 10.6. The van der Waals surface area contributed by atoms with Gasteiger partial charge in [0, 0.05) is 49.9 Å². The van der Waals surface area contributed by atoms with Crippen molar-refractivity contribution in [1.82, 2.24) is 16.1 Å². The van der Waals surface area contributed by atoms with Crippen LogP contribution in [0.1, 0.15) is 25.5 Å². The fourth-order valence-corrected chi connectivity index (χ4v) is 3.22. The van der Waals surface area contributed by atoms with E-state index in [1.165, 1.54) is 48.5 Å². The van der Waals surface area contributed by atoms with Crippen LogP contribution in [0.3, 0.4) is 0 Å². The second-order valence-corrected chi connectivity index (χ2v) is 6.99. The molecule has 4 rings (SSSR count). The van der Waals surface area contributed by atoms with Crippen LogP contribution in [0.4, 0.5) is 23.5 Å². The Balaban J connectivity index is 0.00000158. The number of anilines is 1. The largest absolute Gasteiger partial charge is 0.460 e. The number of halogens is 4. The van der Waals surface area contributed by atoms with Gasteiger partial charge in [-0.2, -0.15) is 18.2 Å². The Morgan fingerprint density at radius 3 is 1.97 bits per heavy atom. The van der Waals surface area contributed by atoms with Gasteiger partial charge < -0.3 is 16.6 Å². The zero-order valence-corrected chi connectivity index (χ0v) is 22.7. The Labute approximate surface area is 232 Å². The van der Waals surface area contributed by atoms with Crippen LogP contribution in [-0.2, 0) is 32.7 Å². The van der Waals surface area contributed by atoms with E-state index >= 15 is 0 Å². The third-order valence-corrected chi connectivity index (χ3v) is 4.70. The number of nitrogens with two attached hydrogens (primary N) is 1. The maximum absolute atomic E-state index is 13.8. The molecule has 0 aliphatic heterocycles. The van der Waals surface area contributed by atoms with E-state index in [0.29, 0.717) is 22.4 Å². The van der Waals surface area contributed by atoms with E-state index < -0.39 is 18.1 Å². The molecule has 0 aliphatic rings. The van der Waals surface area contributed by atoms with Crippen LogP contribution in [-0.4, -0.2) is 16.1 Å². The fraction of sp³-hybridized carbons (Fsp3) is 0.154. The second kappa shape index (κ2) is 14.0. The molecule has 1 aromatic heterocycles. The van der Waals surface area contributed by atoms with Crippen molar-refractivity contribution < 1.29 is 55.0 Å². The number of aromatic nitrogens is 2. The molecule has 0 fully saturated rings. The molecule has 0 spiro atoms. The van der Waals surface area contributed by atoms with Gasteiger partial charge in [-0.1, -0.05) is 80.6 Å². The van der Waals surface area contributed by atoms with E-state index in [1.807, 2.05) is 13.8 Å². The molecule has 36 heavy (non-hydrogen) atoms. The molecule has 0 saturated carbocycles. The fourth-order valence-electron chi connectivity index (χ4n) is 3.22. The molecule has 187 valence electrons. The first-order valence-corrected chi connectivity index (χ1v) is 10.6. The summed E-state index contributed by atoms with van der Waals surface area (Å²) in [5.74, 6) is -0.935. The molecule has 5 nitrogen and oxygen atoms in total. The van der Waals surface area contributed by atoms with Crippen LogP contribution < -0.4 is 16.6 Å². The van der Waals surface area contributed by atoms with Gasteiger partial charge >= 0.3 is 6.18 Å². The monoisotopic (exact) mass is 575 g/mol. The van der Waals surface area contributed by atoms with Gasteiger partial charge in [0.05, 0.1) is 5.69 Å². The Hall–Kier alpha value is -2.88. The summed E-state index contributed by atoms with van der Waals surface area (Å²) in [5, 5.41) is 0. The van der Waals surface area contributed by atoms with E-state index in [-0.39, 0.29) is 56.3 Å². The predicted molar refractivity (Wildman–Crippen MR) is 130 cm³/mol. The first kappa shape index (κ1) is 31.2. The SMILES string of the molecule is CC.N.Nc1nc(OC(c2ccc(-c3cccc(F)c3)cc2)C(F)(F)F)cc(-c2ccccc2)n1.[Y]. The zero-order valence-electron chi connectivity index (χ0n) is 19.8. The van der Waals surface area contributed by atoms with Crippen LogP contribution >= 0.6 is 0 Å². The van der Waals surface area contributed by atoms with Crippen LogP contribution in [0.15, 0.2) is 84.9 Å². The van der Waals surface area contributed by atoms with Crippen molar-refractivity contribution in [2.24, 2.45) is 0 Å². The van der Waals surface area contributed by atoms with Crippen molar-refractivity contribution in [3.63, 3.8) is 0 Å². The third-order valence-electron chi connectivity index (χ3n) is 4.70. The van der Waals surface area contributed by atoms with Crippen LogP contribution in [0, 0.1) is 5.82 Å². The molecule has 0 aliphatic carbocycles. The number of rotatable bonds is 5. The van der Waals surface area contributed by atoms with Crippen molar-refractivity contribution in [2.45, 2.75) is 26.1 Å². The van der Waals surface area contributed by atoms with Crippen LogP contribution in [0.25, 0.3) is 22.4 Å². The minimum Gasteiger partial charge on any atom is -0.460 e. The number of nitrogens with zero attached hydrogens (tertiary/aromatic N) is 2. The van der Waals surface area contributed by atoms with Gasteiger partial charge in [0.1, 0.15) is 5.82 Å². The smallest absolute Gasteiger partial charge is 0.429 e. The van der Waals surface area contributed by atoms with Gasteiger partial charge in [0.2, 0.25) is 17.9 Å². The Kier molecular flexibility index (Phi) is 12.1. The molecule has 5 N–H and O–H groups in total. The molecule has 4 aromatic rings. The predicted octanol–water partition coefficient (Wildman–Crippen LogP) is 7.40. The van der Waals surface area contributed by atoms with Crippen LogP contribution in [0.5, 0.6) is 5.88 Å². The summed E-state index contributed by atoms with van der Waals surface area (Å²) >= 11 is 0. The van der Waals surface area contributed by atoms with Gasteiger partial charge in [-0.15, -0.1) is 0 Å². The van der Waals surface area contributed by atoms with Crippen LogP contribution in [0.2, 0.25) is 0 Å². The molecule has 0 saturated heterocycles. The van der Waals surface area contributed by atoms with Gasteiger partial charge in [-0.25, -0.2) is 9.37 Å². The molecule has 0 amide bonds. The standard InChI is InChI=1S/C24H17F4N3O.C2H6.H3N.Y/c25-19-8-4-7-18(13-19)15-9-11-17(12-10-15)22(24(26,27)28)32-21-14-20(30-23(29)31-21)16-5-2-1-3-6-16;1-2;;/h1-14,22H,(H2,29,30,31);1-2H3;1H3;. The first-order chi connectivity index (χ1) is 16.3. The van der Waals surface area contributed by atoms with E-state index in [1.54, 1.807) is 36.4 Å². The van der Waals surface area contributed by atoms with Crippen molar-refractivity contribution in [3.05, 3.63) is 96.3 Å². The summed E-state index contributed by atoms with van der Waals surface area (Å²) in [4.78, 5) is 7.89. The number of nitrogen functional groups attached to an aromatic ring is 1. The van der Waals surface area contributed by atoms with Crippen molar-refractivity contribution in [2.75, 3.05) is 5.73 Å². The van der Waals surface area contributed by atoms with Gasteiger partial charge in [0.25, 0.3) is 0 Å². The minimum absolute atomic E-state index is 0. The molecule has 3 aromatic carbocycles. The Morgan fingerprint density at radius 2 is 1.39 bits per heavy atom. The second-order valence-electron chi connectivity index (χ2n) is 6.99. The normalized spacial score (nSPS) is 11.2. The number of hydrogen-bond donors (Lipinski definition) is 2. The summed E-state index contributed by atoms with van der Waals surface area (Å²) in [5.41, 5.74) is 7.71. The molecular formula is C26H26F4N4OY. The molecule has 1 heterocycles. The molecule has 0 bridgehead atoms. The quantitative estimate of drug-likeness (QED) is 0.242. The topological polar surface area (TPSA) is 96.0 Å². The maximum atomic E-state index is 13.8. The van der Waals surface area contributed by atoms with Gasteiger partial charge in [-0.05, 0) is 23.3 Å². The average Bonchev–Trinajstić information content (AvgIpc) is 2.83. The molecule has 1 radical (unpaired) electrons. The van der Waals surface area contributed by atoms with E-state index in [9.17, 15) is 17.6 Å². The molecular weight excluding hydrogens is 549 g/mol. The van der Waals surface area contributed by atoms with Crippen molar-refractivity contribution >= 4 is 5.95 Å². The summed E-state index contributed by atoms with van der Waals surface area (Å²) in [6, 6.07) is 21.5. The summed E-state index contributed by atoms with van der Waals surface area (Å²) in [7, 11) is 0. The van der Waals surface area contributed by atoms with E-state index in [2.05, 4.69) is 9.97 Å². The Bertz CT molecular complexity index is 1220. The van der Waals surface area contributed by atoms with Crippen molar-refractivity contribution in [3.8, 4) is 28.3 Å². The summed E-state index contributed by atoms with van der Waals surface area (Å²) in [6.45, 7) is 4.00. The van der Waals surface area contributed by atoms with E-state index in [4.69, 9.17) is 10.5 Å². The van der Waals surface area contributed by atoms with E-state index in [0.717, 1.165) is 0 Å². The molecule has 1 atom stereocenters. The number of ether oxygens (including phenoxy) is 1. The molecule has 10 heteroatoms. The van der Waals surface area contributed by atoms with Gasteiger partial charge in [0.15, 0.2) is 0 Å². The maximum Gasteiger partial charge on any atom is 0.429 e.